The van der Waals surface area contributed by atoms with Crippen molar-refractivity contribution >= 4 is 17.3 Å². The van der Waals surface area contributed by atoms with E-state index < -0.39 is 53.1 Å². The maximum absolute atomic E-state index is 16.2. The average molecular weight is 618 g/mol. The topological polar surface area (TPSA) is 128 Å². The van der Waals surface area contributed by atoms with E-state index in [2.05, 4.69) is 6.92 Å². The maximum atomic E-state index is 16.2. The molecular formula is C36H40FNO7. The van der Waals surface area contributed by atoms with Crippen LogP contribution in [0, 0.1) is 41.3 Å². The number of benzene rings is 2. The van der Waals surface area contributed by atoms with Crippen molar-refractivity contribution in [1.29, 1.82) is 0 Å². The minimum atomic E-state index is -1.57. The molecule has 5 aliphatic rings. The van der Waals surface area contributed by atoms with Gasteiger partial charge >= 0.3 is 0 Å². The fourth-order valence-electron chi connectivity index (χ4n) is 9.73. The Labute approximate surface area is 262 Å². The number of nitrogens with two attached hydrogens (primary N) is 1. The Kier molecular flexibility index (Phi) is 7.13. The number of ether oxygens (including phenoxy) is 3. The lowest BCUT2D eigenvalue weighted by Crippen LogP contribution is -2.63. The highest BCUT2D eigenvalue weighted by molar-refractivity contribution is 6.01. The Morgan fingerprint density at radius 2 is 2.02 bits per heavy atom. The van der Waals surface area contributed by atoms with Crippen molar-refractivity contribution in [2.75, 3.05) is 12.3 Å². The number of hydrogen-bond donors (Lipinski definition) is 3. The molecule has 4 aliphatic carbocycles. The zero-order valence-electron chi connectivity index (χ0n) is 25.8. The van der Waals surface area contributed by atoms with Crippen LogP contribution in [0.3, 0.4) is 0 Å². The first kappa shape index (κ1) is 30.3. The number of Topliss-reactive ketones (excluding diaryl/α,β-unsaturated/α-hetero) is 1. The second-order valence-corrected chi connectivity index (χ2v) is 14.0. The van der Waals surface area contributed by atoms with E-state index >= 15 is 4.39 Å². The van der Waals surface area contributed by atoms with Crippen LogP contribution in [-0.4, -0.2) is 46.2 Å². The van der Waals surface area contributed by atoms with Gasteiger partial charge < -0.3 is 30.2 Å². The molecule has 2 aromatic rings. The number of anilines is 1. The molecule has 45 heavy (non-hydrogen) atoms. The van der Waals surface area contributed by atoms with Crippen LogP contribution in [0.4, 0.5) is 10.1 Å². The van der Waals surface area contributed by atoms with Crippen LogP contribution in [0.5, 0.6) is 5.75 Å². The number of ketones is 2. The second kappa shape index (κ2) is 10.6. The molecule has 9 atom stereocenters. The second-order valence-electron chi connectivity index (χ2n) is 14.0. The van der Waals surface area contributed by atoms with E-state index in [-0.39, 0.29) is 47.9 Å². The number of carbonyl (C=O) groups is 2. The van der Waals surface area contributed by atoms with Crippen molar-refractivity contribution < 1.29 is 38.4 Å². The van der Waals surface area contributed by atoms with Crippen LogP contribution in [0.15, 0.2) is 60.2 Å². The lowest BCUT2D eigenvalue weighted by atomic mass is 9.46. The fraction of sp³-hybridized carbons (Fsp3) is 0.500. The molecule has 0 unspecified atom stereocenters. The molecular weight excluding hydrogens is 577 g/mol. The standard InChI is InChI=1S/C36H40FNO7/c1-19-7-10-27(43-18-20-5-4-6-22(38)13-20)32(37)30(19)33-44-29-15-25-24-9-8-21-14-23(40)11-12-34(21,2)31(24)26(41)16-35(25,3)36(29,45-33)28(42)17-39/h4-7,10-14,24-26,29,31,33,39,41H,8-9,15-18,38H2,1-3H3/t24-,25-,26-,29+,31+,33+,34-,35-,36+/m0/s1. The molecule has 3 saturated carbocycles. The summed E-state index contributed by atoms with van der Waals surface area (Å²) in [6, 6.07) is 10.4. The number of fused-ring (bicyclic) bond motifs is 7. The number of aryl methyl sites for hydroxylation is 1. The molecule has 4 fully saturated rings. The van der Waals surface area contributed by atoms with E-state index in [4.69, 9.17) is 19.9 Å². The quantitative estimate of drug-likeness (QED) is 0.391. The van der Waals surface area contributed by atoms with Crippen molar-refractivity contribution in [3.8, 4) is 5.75 Å². The first-order valence-corrected chi connectivity index (χ1v) is 15.8. The summed E-state index contributed by atoms with van der Waals surface area (Å²) >= 11 is 0. The zero-order chi connectivity index (χ0) is 31.9. The number of allylic oxidation sites excluding steroid dienone is 4. The van der Waals surface area contributed by atoms with E-state index in [1.807, 2.05) is 19.1 Å². The molecule has 2 aromatic carbocycles. The van der Waals surface area contributed by atoms with E-state index in [0.29, 0.717) is 17.7 Å². The van der Waals surface area contributed by atoms with Gasteiger partial charge in [-0.15, -0.1) is 0 Å². The molecule has 1 saturated heterocycles. The van der Waals surface area contributed by atoms with Crippen LogP contribution in [0.1, 0.15) is 62.5 Å². The molecule has 238 valence electrons. The number of carbonyl (C=O) groups excluding carboxylic acids is 2. The first-order valence-electron chi connectivity index (χ1n) is 15.8. The van der Waals surface area contributed by atoms with E-state index in [1.165, 1.54) is 0 Å². The predicted molar refractivity (Wildman–Crippen MR) is 163 cm³/mol. The van der Waals surface area contributed by atoms with Crippen molar-refractivity contribution in [3.63, 3.8) is 0 Å². The smallest absolute Gasteiger partial charge is 0.193 e. The molecule has 0 aromatic heterocycles. The van der Waals surface area contributed by atoms with Gasteiger partial charge in [-0.05, 0) is 85.9 Å². The number of aliphatic hydroxyl groups excluding tert-OH is 2. The summed E-state index contributed by atoms with van der Waals surface area (Å²) in [6.07, 6.45) is 4.67. The minimum Gasteiger partial charge on any atom is -0.486 e. The summed E-state index contributed by atoms with van der Waals surface area (Å²) in [5, 5.41) is 22.1. The van der Waals surface area contributed by atoms with Gasteiger partial charge in [-0.1, -0.05) is 43.7 Å². The van der Waals surface area contributed by atoms with Gasteiger partial charge in [0.1, 0.15) is 13.2 Å². The Balaban J connectivity index is 1.21. The highest BCUT2D eigenvalue weighted by Gasteiger charge is 2.76. The van der Waals surface area contributed by atoms with E-state index in [9.17, 15) is 19.8 Å². The van der Waals surface area contributed by atoms with Crippen molar-refractivity contribution in [2.24, 2.45) is 28.6 Å². The van der Waals surface area contributed by atoms with Gasteiger partial charge in [0.2, 0.25) is 0 Å². The number of nitrogen functional groups attached to an aromatic ring is 1. The van der Waals surface area contributed by atoms with Gasteiger partial charge in [-0.2, -0.15) is 0 Å². The Bertz CT molecular complexity index is 1640. The Hall–Kier alpha value is -3.37. The third-order valence-electron chi connectivity index (χ3n) is 11.7. The van der Waals surface area contributed by atoms with Crippen LogP contribution >= 0.6 is 0 Å². The molecule has 1 heterocycles. The SMILES string of the molecule is Cc1ccc(OCc2cccc(N)c2)c(F)c1[C@@H]1O[C@@H]2C[C@H]3[C@@H]4CCC5=CC(=O)C=C[C@]5(C)[C@H]4[C@@H](O)C[C@]3(C)[C@]2(C(=O)CO)O1. The normalized spacial score (nSPS) is 38.2. The van der Waals surface area contributed by atoms with Crippen molar-refractivity contribution in [2.45, 2.75) is 77.2 Å². The van der Waals surface area contributed by atoms with Crippen LogP contribution < -0.4 is 10.5 Å². The van der Waals surface area contributed by atoms with E-state index in [0.717, 1.165) is 24.0 Å². The predicted octanol–water partition coefficient (Wildman–Crippen LogP) is 4.90. The first-order chi connectivity index (χ1) is 21.4. The summed E-state index contributed by atoms with van der Waals surface area (Å²) in [6.45, 7) is 5.13. The fourth-order valence-corrected chi connectivity index (χ4v) is 9.73. The van der Waals surface area contributed by atoms with Crippen LogP contribution in [0.2, 0.25) is 0 Å². The highest BCUT2D eigenvalue weighted by atomic mass is 19.1. The molecule has 9 heteroatoms. The summed E-state index contributed by atoms with van der Waals surface area (Å²) in [5.41, 5.74) is 6.07. The van der Waals surface area contributed by atoms with Crippen molar-refractivity contribution in [3.05, 3.63) is 82.7 Å². The number of halogens is 1. The lowest BCUT2D eigenvalue weighted by Gasteiger charge is -2.59. The zero-order valence-corrected chi connectivity index (χ0v) is 25.8. The van der Waals surface area contributed by atoms with Gasteiger partial charge in [0, 0.05) is 22.4 Å². The molecule has 4 N–H and O–H groups in total. The van der Waals surface area contributed by atoms with Gasteiger partial charge in [-0.3, -0.25) is 9.59 Å². The third-order valence-corrected chi connectivity index (χ3v) is 11.7. The Morgan fingerprint density at radius 1 is 1.22 bits per heavy atom. The maximum Gasteiger partial charge on any atom is 0.193 e. The Morgan fingerprint density at radius 3 is 2.78 bits per heavy atom. The van der Waals surface area contributed by atoms with Gasteiger partial charge in [0.25, 0.3) is 0 Å². The average Bonchev–Trinajstić information content (AvgIpc) is 3.49. The molecule has 7 rings (SSSR count). The van der Waals surface area contributed by atoms with Crippen molar-refractivity contribution in [1.82, 2.24) is 0 Å². The molecule has 0 radical (unpaired) electrons. The summed E-state index contributed by atoms with van der Waals surface area (Å²) in [5.74, 6) is -1.36. The summed E-state index contributed by atoms with van der Waals surface area (Å²) < 4.78 is 35.1. The number of rotatable bonds is 6. The largest absolute Gasteiger partial charge is 0.486 e. The van der Waals surface area contributed by atoms with Crippen LogP contribution in [0.25, 0.3) is 0 Å². The molecule has 8 nitrogen and oxygen atoms in total. The van der Waals surface area contributed by atoms with Gasteiger partial charge in [0.15, 0.2) is 35.0 Å². The molecule has 0 amide bonds. The lowest BCUT2D eigenvalue weighted by molar-refractivity contribution is -0.201. The summed E-state index contributed by atoms with van der Waals surface area (Å²) in [4.78, 5) is 26.0. The molecule has 0 bridgehead atoms. The number of hydrogen-bond acceptors (Lipinski definition) is 8. The summed E-state index contributed by atoms with van der Waals surface area (Å²) in [7, 11) is 0. The molecule has 1 aliphatic heterocycles. The van der Waals surface area contributed by atoms with Crippen LogP contribution in [-0.2, 0) is 25.7 Å². The monoisotopic (exact) mass is 617 g/mol. The number of aliphatic hydroxyl groups is 2. The van der Waals surface area contributed by atoms with Gasteiger partial charge in [-0.25, -0.2) is 4.39 Å². The van der Waals surface area contributed by atoms with E-state index in [1.54, 1.807) is 49.4 Å². The third kappa shape index (κ3) is 4.31. The van der Waals surface area contributed by atoms with Gasteiger partial charge in [0.05, 0.1) is 17.8 Å². The highest BCUT2D eigenvalue weighted by Crippen LogP contribution is 2.70. The minimum absolute atomic E-state index is 0.0168. The molecule has 0 spiro atoms.